The van der Waals surface area contributed by atoms with E-state index >= 15 is 0 Å². The first-order valence-electron chi connectivity index (χ1n) is 5.43. The van der Waals surface area contributed by atoms with Crippen molar-refractivity contribution in [1.82, 2.24) is 4.98 Å². The molecule has 5 nitrogen and oxygen atoms in total. The minimum Gasteiger partial charge on any atom is -0.478 e. The molecule has 0 spiro atoms. The van der Waals surface area contributed by atoms with E-state index in [1.54, 1.807) is 0 Å². The number of rotatable bonds is 3. The molecule has 1 aromatic carbocycles. The van der Waals surface area contributed by atoms with Gasteiger partial charge in [-0.25, -0.2) is 14.2 Å². The second-order valence-corrected chi connectivity index (χ2v) is 4.63. The van der Waals surface area contributed by atoms with E-state index in [-0.39, 0.29) is 16.8 Å². The third kappa shape index (κ3) is 3.18. The van der Waals surface area contributed by atoms with Crippen molar-refractivity contribution in [2.45, 2.75) is 0 Å². The Morgan fingerprint density at radius 2 is 1.95 bits per heavy atom. The molecule has 2 aromatic rings. The van der Waals surface area contributed by atoms with Crippen LogP contribution >= 0.6 is 15.9 Å². The van der Waals surface area contributed by atoms with Crippen molar-refractivity contribution in [1.29, 1.82) is 0 Å². The number of carboxylic acid groups (broad SMARTS) is 1. The van der Waals surface area contributed by atoms with E-state index in [0.717, 1.165) is 18.2 Å². The second kappa shape index (κ2) is 5.79. The molecule has 2 N–H and O–H groups in total. The SMILES string of the molecule is O=C(O)c1ccc(F)c(NC(=O)c2ccnc(Br)c2)c1. The first kappa shape index (κ1) is 14.1. The van der Waals surface area contributed by atoms with Gasteiger partial charge in [0.15, 0.2) is 0 Å². The Labute approximate surface area is 121 Å². The van der Waals surface area contributed by atoms with Gasteiger partial charge in [-0.1, -0.05) is 0 Å². The van der Waals surface area contributed by atoms with Crippen molar-refractivity contribution in [3.8, 4) is 0 Å². The molecule has 7 heteroatoms. The van der Waals surface area contributed by atoms with Crippen molar-refractivity contribution >= 4 is 33.5 Å². The lowest BCUT2D eigenvalue weighted by Gasteiger charge is -2.07. The van der Waals surface area contributed by atoms with E-state index in [1.807, 2.05) is 0 Å². The Morgan fingerprint density at radius 3 is 2.60 bits per heavy atom. The normalized spacial score (nSPS) is 10.1. The number of hydrogen-bond donors (Lipinski definition) is 2. The van der Waals surface area contributed by atoms with Gasteiger partial charge in [0, 0.05) is 11.8 Å². The van der Waals surface area contributed by atoms with Gasteiger partial charge in [-0.2, -0.15) is 0 Å². The lowest BCUT2D eigenvalue weighted by Crippen LogP contribution is -2.14. The van der Waals surface area contributed by atoms with Gasteiger partial charge < -0.3 is 10.4 Å². The molecule has 1 aromatic heterocycles. The molecule has 1 heterocycles. The Kier molecular flexibility index (Phi) is 4.09. The standard InChI is InChI=1S/C13H8BrFN2O3/c14-11-6-7(3-4-16-11)12(18)17-10-5-8(13(19)20)1-2-9(10)15/h1-6H,(H,17,18)(H,19,20). The summed E-state index contributed by atoms with van der Waals surface area (Å²) in [5.74, 6) is -2.47. The summed E-state index contributed by atoms with van der Waals surface area (Å²) in [5.41, 5.74) is -0.0348. The predicted molar refractivity (Wildman–Crippen MR) is 73.2 cm³/mol. The number of pyridine rings is 1. The van der Waals surface area contributed by atoms with Crippen molar-refractivity contribution in [2.75, 3.05) is 5.32 Å². The summed E-state index contributed by atoms with van der Waals surface area (Å²) in [6.07, 6.45) is 1.42. The minimum atomic E-state index is -1.20. The number of nitrogens with one attached hydrogen (secondary N) is 1. The minimum absolute atomic E-state index is 0.113. The van der Waals surface area contributed by atoms with E-state index in [9.17, 15) is 14.0 Å². The number of halogens is 2. The summed E-state index contributed by atoms with van der Waals surface area (Å²) in [7, 11) is 0. The summed E-state index contributed by atoms with van der Waals surface area (Å²) < 4.78 is 14.0. The number of carbonyl (C=O) groups excluding carboxylic acids is 1. The highest BCUT2D eigenvalue weighted by Gasteiger charge is 2.12. The maximum Gasteiger partial charge on any atom is 0.335 e. The summed E-state index contributed by atoms with van der Waals surface area (Å²) in [6.45, 7) is 0. The number of hydrogen-bond acceptors (Lipinski definition) is 3. The van der Waals surface area contributed by atoms with Crippen LogP contribution in [0.25, 0.3) is 0 Å². The zero-order valence-corrected chi connectivity index (χ0v) is 11.5. The van der Waals surface area contributed by atoms with Crippen LogP contribution in [0.2, 0.25) is 0 Å². The smallest absolute Gasteiger partial charge is 0.335 e. The van der Waals surface area contributed by atoms with Crippen LogP contribution in [0.1, 0.15) is 20.7 Å². The highest BCUT2D eigenvalue weighted by atomic mass is 79.9. The average Bonchev–Trinajstić information content (AvgIpc) is 2.41. The fraction of sp³-hybridized carbons (Fsp3) is 0. The van der Waals surface area contributed by atoms with Gasteiger partial charge >= 0.3 is 5.97 Å². The number of aromatic carboxylic acids is 1. The summed E-state index contributed by atoms with van der Waals surface area (Å²) in [6, 6.07) is 6.09. The molecule has 0 saturated heterocycles. The topological polar surface area (TPSA) is 79.3 Å². The molecule has 0 bridgehead atoms. The molecule has 0 aliphatic heterocycles. The maximum absolute atomic E-state index is 13.6. The molecule has 0 aliphatic rings. The number of anilines is 1. The van der Waals surface area contributed by atoms with Crippen LogP contribution in [-0.2, 0) is 0 Å². The van der Waals surface area contributed by atoms with Crippen molar-refractivity contribution in [2.24, 2.45) is 0 Å². The van der Waals surface area contributed by atoms with Crippen LogP contribution < -0.4 is 5.32 Å². The van der Waals surface area contributed by atoms with Crippen LogP contribution in [0.4, 0.5) is 10.1 Å². The molecule has 0 aliphatic carbocycles. The van der Waals surface area contributed by atoms with Gasteiger partial charge in [0.05, 0.1) is 11.3 Å². The molecule has 2 rings (SSSR count). The van der Waals surface area contributed by atoms with Crippen LogP contribution in [0.15, 0.2) is 41.1 Å². The average molecular weight is 339 g/mol. The Balaban J connectivity index is 2.27. The van der Waals surface area contributed by atoms with E-state index in [0.29, 0.717) is 4.60 Å². The Bertz CT molecular complexity index is 691. The van der Waals surface area contributed by atoms with Crippen molar-refractivity contribution < 1.29 is 19.1 Å². The summed E-state index contributed by atoms with van der Waals surface area (Å²) in [4.78, 5) is 26.6. The van der Waals surface area contributed by atoms with E-state index < -0.39 is 17.7 Å². The zero-order chi connectivity index (χ0) is 14.7. The van der Waals surface area contributed by atoms with Gasteiger partial charge in [0.25, 0.3) is 5.91 Å². The molecule has 0 fully saturated rings. The zero-order valence-electron chi connectivity index (χ0n) is 9.93. The quantitative estimate of drug-likeness (QED) is 0.843. The lowest BCUT2D eigenvalue weighted by atomic mass is 10.2. The van der Waals surface area contributed by atoms with E-state index in [4.69, 9.17) is 5.11 Å². The van der Waals surface area contributed by atoms with Gasteiger partial charge in [0.2, 0.25) is 0 Å². The van der Waals surface area contributed by atoms with Crippen LogP contribution in [0.5, 0.6) is 0 Å². The highest BCUT2D eigenvalue weighted by Crippen LogP contribution is 2.18. The van der Waals surface area contributed by atoms with Crippen LogP contribution in [0.3, 0.4) is 0 Å². The van der Waals surface area contributed by atoms with Gasteiger partial charge in [-0.3, -0.25) is 4.79 Å². The highest BCUT2D eigenvalue weighted by molar-refractivity contribution is 9.10. The fourth-order valence-electron chi connectivity index (χ4n) is 1.49. The summed E-state index contributed by atoms with van der Waals surface area (Å²) in [5, 5.41) is 11.2. The third-order valence-electron chi connectivity index (χ3n) is 2.45. The molecule has 0 atom stereocenters. The predicted octanol–water partition coefficient (Wildman–Crippen LogP) is 2.93. The number of carboxylic acids is 1. The second-order valence-electron chi connectivity index (χ2n) is 3.82. The molecular weight excluding hydrogens is 331 g/mol. The van der Waals surface area contributed by atoms with Crippen LogP contribution in [-0.4, -0.2) is 22.0 Å². The van der Waals surface area contributed by atoms with E-state index in [1.165, 1.54) is 18.3 Å². The largest absolute Gasteiger partial charge is 0.478 e. The third-order valence-corrected chi connectivity index (χ3v) is 2.88. The molecule has 20 heavy (non-hydrogen) atoms. The fourth-order valence-corrected chi connectivity index (χ4v) is 1.86. The molecule has 0 radical (unpaired) electrons. The summed E-state index contributed by atoms with van der Waals surface area (Å²) >= 11 is 3.12. The van der Waals surface area contributed by atoms with Crippen molar-refractivity contribution in [3.05, 3.63) is 58.1 Å². The lowest BCUT2D eigenvalue weighted by molar-refractivity contribution is 0.0696. The number of benzene rings is 1. The van der Waals surface area contributed by atoms with Crippen molar-refractivity contribution in [3.63, 3.8) is 0 Å². The molecule has 0 unspecified atom stereocenters. The van der Waals surface area contributed by atoms with E-state index in [2.05, 4.69) is 26.2 Å². The van der Waals surface area contributed by atoms with Gasteiger partial charge in [-0.05, 0) is 46.3 Å². The Morgan fingerprint density at radius 1 is 1.20 bits per heavy atom. The maximum atomic E-state index is 13.6. The number of aromatic nitrogens is 1. The number of nitrogens with zero attached hydrogens (tertiary/aromatic N) is 1. The molecule has 102 valence electrons. The van der Waals surface area contributed by atoms with Crippen LogP contribution in [0, 0.1) is 5.82 Å². The first-order valence-corrected chi connectivity index (χ1v) is 6.22. The van der Waals surface area contributed by atoms with Gasteiger partial charge in [0.1, 0.15) is 10.4 Å². The number of amides is 1. The number of carbonyl (C=O) groups is 2. The molecular formula is C13H8BrFN2O3. The Hall–Kier alpha value is -2.28. The molecule has 1 amide bonds. The van der Waals surface area contributed by atoms with Gasteiger partial charge in [-0.15, -0.1) is 0 Å². The monoisotopic (exact) mass is 338 g/mol. The molecule has 0 saturated carbocycles. The first-order chi connectivity index (χ1) is 9.47.